The fourth-order valence-corrected chi connectivity index (χ4v) is 28.2. The highest BCUT2D eigenvalue weighted by atomic mass is 32.1. The summed E-state index contributed by atoms with van der Waals surface area (Å²) < 4.78 is 19.8. The predicted molar refractivity (Wildman–Crippen MR) is 606 cm³/mol. The number of fused-ring (bicyclic) bond motifs is 39. The lowest BCUT2D eigenvalue weighted by atomic mass is 9.82. The Morgan fingerprint density at radius 3 is 1.09 bits per heavy atom. The molecular weight excluding hydrogens is 1800 g/mol. The second kappa shape index (κ2) is 28.7. The number of para-hydroxylation sites is 9. The molecule has 1 aliphatic carbocycles. The number of hydrogen-bond acceptors (Lipinski definition) is 8. The smallest absolute Gasteiger partial charge is 0.165 e. The van der Waals surface area contributed by atoms with E-state index in [1.54, 1.807) is 0 Å². The molecule has 10 nitrogen and oxygen atoms in total. The van der Waals surface area contributed by atoms with Crippen molar-refractivity contribution >= 4 is 286 Å². The first-order valence-electron chi connectivity index (χ1n) is 48.8. The van der Waals surface area contributed by atoms with Crippen molar-refractivity contribution in [3.05, 3.63) is 424 Å². The number of aromatic nitrogens is 10. The summed E-state index contributed by atoms with van der Waals surface area (Å²) in [6.07, 6.45) is 0. The van der Waals surface area contributed by atoms with Crippen LogP contribution in [0.3, 0.4) is 0 Å². The summed E-state index contributed by atoms with van der Waals surface area (Å²) in [4.78, 5) is 26.3. The molecule has 662 valence electrons. The summed E-state index contributed by atoms with van der Waals surface area (Å²) in [7, 11) is 0. The first-order chi connectivity index (χ1) is 70.6. The van der Waals surface area contributed by atoms with Gasteiger partial charge in [-0.1, -0.05) is 238 Å². The molecule has 0 saturated carbocycles. The van der Waals surface area contributed by atoms with E-state index in [0.717, 1.165) is 72.0 Å². The largest absolute Gasteiger partial charge is 0.309 e. The average molecular weight is 1870 g/mol. The molecule has 20 aromatic carbocycles. The van der Waals surface area contributed by atoms with Crippen LogP contribution in [-0.4, -0.2) is 47.3 Å². The lowest BCUT2D eigenvalue weighted by molar-refractivity contribution is 0.660. The van der Waals surface area contributed by atoms with E-state index in [2.05, 4.69) is 424 Å². The minimum absolute atomic E-state index is 0.00371. The molecule has 0 saturated heterocycles. The molecule has 0 spiro atoms. The lowest BCUT2D eigenvalue weighted by Crippen LogP contribution is -2.14. The molecule has 0 aliphatic heterocycles. The van der Waals surface area contributed by atoms with E-state index >= 15 is 0 Å². The van der Waals surface area contributed by atoms with Gasteiger partial charge in [-0.05, 0) is 244 Å². The van der Waals surface area contributed by atoms with Crippen molar-refractivity contribution in [3.63, 3.8) is 0 Å². The summed E-state index contributed by atoms with van der Waals surface area (Å²) >= 11 is 5.59. The van der Waals surface area contributed by atoms with Gasteiger partial charge in [0, 0.05) is 158 Å². The molecule has 0 unspecified atom stereocenters. The predicted octanol–water partition coefficient (Wildman–Crippen LogP) is 35.5. The molecule has 0 atom stereocenters. The average Bonchev–Trinajstić information content (AvgIpc) is 1.53. The molecule has 13 heteroatoms. The molecule has 1 aliphatic rings. The molecule has 0 fully saturated rings. The van der Waals surface area contributed by atoms with Crippen molar-refractivity contribution in [1.29, 1.82) is 0 Å². The van der Waals surface area contributed by atoms with Crippen molar-refractivity contribution in [2.45, 2.75) is 19.3 Å². The van der Waals surface area contributed by atoms with E-state index in [9.17, 15) is 0 Å². The Morgan fingerprint density at radius 1 is 0.196 bits per heavy atom. The van der Waals surface area contributed by atoms with Crippen molar-refractivity contribution in [3.8, 4) is 55.9 Å². The number of pyridine rings is 1. The zero-order valence-corrected chi connectivity index (χ0v) is 79.4. The van der Waals surface area contributed by atoms with Crippen LogP contribution in [0.15, 0.2) is 413 Å². The van der Waals surface area contributed by atoms with E-state index in [0.29, 0.717) is 0 Å². The molecule has 35 rings (SSSR count). The lowest BCUT2D eigenvalue weighted by Gasteiger charge is -2.21. The molecule has 0 radical (unpaired) electrons. The van der Waals surface area contributed by atoms with Crippen LogP contribution < -0.4 is 0 Å². The Kier molecular flexibility index (Phi) is 15.7. The molecule has 14 aromatic heterocycles. The SMILES string of the molecule is CC1(C)c2ccccc2-c2cc(-c3cc4c5cc6c(cc5n5c7nc8ccccc8cc7c(c3)c45)sc3ccccc36)ccc21.c1ccc(-n2c3ccccc3c3cc(-c4cc5c6cc7c(cc6n6c8nc9ccccc9nc8c(c4)c56)sc4ccccc47)ccc32)cc1.c1ccc(-n2c3ccccc3c3ccc(-c4cc5c6cc7c(cc6n6c8nc9ccccc9nc8c(c4)c56)sc4ccccc47)cc32)cc1. The highest BCUT2D eigenvalue weighted by molar-refractivity contribution is 7.26. The second-order valence-corrected chi connectivity index (χ2v) is 42.5. The maximum Gasteiger partial charge on any atom is 0.165 e. The minimum atomic E-state index is -0.00371. The summed E-state index contributed by atoms with van der Waals surface area (Å²) in [6, 6.07) is 151. The Hall–Kier alpha value is -17.9. The summed E-state index contributed by atoms with van der Waals surface area (Å²) in [5, 5.41) is 26.3. The maximum atomic E-state index is 5.30. The van der Waals surface area contributed by atoms with Gasteiger partial charge in [-0.25, -0.2) is 24.9 Å². The quantitative estimate of drug-likeness (QED) is 0.171. The van der Waals surface area contributed by atoms with Gasteiger partial charge in [-0.2, -0.15) is 0 Å². The monoisotopic (exact) mass is 1870 g/mol. The Bertz CT molecular complexity index is 11600. The zero-order chi connectivity index (χ0) is 93.2. The van der Waals surface area contributed by atoms with E-state index in [-0.39, 0.29) is 5.41 Å². The number of rotatable bonds is 5. The van der Waals surface area contributed by atoms with Crippen LogP contribution in [0.1, 0.15) is 25.0 Å². The van der Waals surface area contributed by atoms with Crippen molar-refractivity contribution < 1.29 is 0 Å². The Morgan fingerprint density at radius 2 is 0.552 bits per heavy atom. The van der Waals surface area contributed by atoms with Crippen LogP contribution in [-0.2, 0) is 5.41 Å². The third-order valence-corrected chi connectivity index (χ3v) is 34.7. The number of benzene rings is 20. The first kappa shape index (κ1) is 78.1. The molecule has 143 heavy (non-hydrogen) atoms. The first-order valence-corrected chi connectivity index (χ1v) is 51.3. The number of nitrogens with zero attached hydrogens (tertiary/aromatic N) is 10. The maximum absolute atomic E-state index is 5.30. The van der Waals surface area contributed by atoms with Crippen LogP contribution in [0.25, 0.3) is 308 Å². The van der Waals surface area contributed by atoms with Gasteiger partial charge in [0.05, 0.1) is 82.8 Å². The molecule has 14 heterocycles. The number of hydrogen-bond donors (Lipinski definition) is 0. The second-order valence-electron chi connectivity index (χ2n) is 39.2. The van der Waals surface area contributed by atoms with Crippen LogP contribution in [0.4, 0.5) is 0 Å². The van der Waals surface area contributed by atoms with Gasteiger partial charge >= 0.3 is 0 Å². The van der Waals surface area contributed by atoms with Crippen LogP contribution in [0.5, 0.6) is 0 Å². The van der Waals surface area contributed by atoms with Gasteiger partial charge in [0.15, 0.2) is 11.3 Å². The van der Waals surface area contributed by atoms with Crippen molar-refractivity contribution in [2.75, 3.05) is 0 Å². The third kappa shape index (κ3) is 10.9. The van der Waals surface area contributed by atoms with Gasteiger partial charge in [0.1, 0.15) is 16.7 Å². The highest BCUT2D eigenvalue weighted by Crippen LogP contribution is 2.54. The number of thiophene rings is 3. The van der Waals surface area contributed by atoms with Crippen LogP contribution >= 0.6 is 34.0 Å². The van der Waals surface area contributed by atoms with Crippen LogP contribution in [0.2, 0.25) is 0 Å². The van der Waals surface area contributed by atoms with Gasteiger partial charge in [0.2, 0.25) is 0 Å². The summed E-state index contributed by atoms with van der Waals surface area (Å²) in [6.45, 7) is 4.70. The van der Waals surface area contributed by atoms with Crippen LogP contribution in [0, 0.1) is 0 Å². The normalized spacial score (nSPS) is 13.0. The van der Waals surface area contributed by atoms with Gasteiger partial charge in [0.25, 0.3) is 0 Å². The molecule has 0 bridgehead atoms. The molecule has 34 aromatic rings. The molecule has 0 amide bonds. The highest BCUT2D eigenvalue weighted by Gasteiger charge is 2.36. The van der Waals surface area contributed by atoms with Crippen molar-refractivity contribution in [1.82, 2.24) is 47.3 Å². The van der Waals surface area contributed by atoms with Gasteiger partial charge in [-0.3, -0.25) is 13.2 Å². The van der Waals surface area contributed by atoms with E-state index in [1.807, 2.05) is 58.3 Å². The summed E-state index contributed by atoms with van der Waals surface area (Å²) in [5.41, 5.74) is 36.5. The van der Waals surface area contributed by atoms with E-state index < -0.39 is 0 Å². The molecule has 0 N–H and O–H groups in total. The Labute approximate surface area is 825 Å². The Balaban J connectivity index is 0.0000000946. The van der Waals surface area contributed by atoms with Gasteiger partial charge < -0.3 is 9.13 Å². The fraction of sp³-hybridized carbons (Fsp3) is 0.0231. The zero-order valence-electron chi connectivity index (χ0n) is 77.0. The van der Waals surface area contributed by atoms with E-state index in [4.69, 9.17) is 24.9 Å². The standard InChI is InChI=1S/2C44H24N4S.C42H26N2S/c1-2-10-27(11-3-1)47-37-16-8-4-12-28(37)29-19-18-25(22-38(29)47)26-20-33-31-23-32-30-13-5-9-17-40(30)49-41(32)24-39(31)48-43(33)34(21-26)42-44(48)46-36-15-7-6-14-35(36)45-42;1-2-10-27(11-3-1)47-37-16-8-4-12-28(37)30-20-25(18-19-38(30)47)26-21-33-31-23-32-29-13-5-9-17-40(29)49-41(32)24-39(31)48-43(33)34(22-26)42-44(48)46-36-15-7-6-14-35(36)45-42;1-42(2)34-12-6-4-10-26(34)28-17-23(15-16-35(28)42)25-19-31-29-21-30-27-11-5-8-14-38(27)45-39(30)22-37(29)44-40(31)32(20-25)33-18-24-9-3-7-13-36(24)43-41(33)44/h2*1-24H;3-22H,1-2H3. The third-order valence-electron chi connectivity index (χ3n) is 31.3. The van der Waals surface area contributed by atoms with Gasteiger partial charge in [-0.15, -0.1) is 34.0 Å². The minimum Gasteiger partial charge on any atom is -0.309 e. The summed E-state index contributed by atoms with van der Waals surface area (Å²) in [5.74, 6) is 0. The van der Waals surface area contributed by atoms with E-state index in [1.165, 1.54) is 247 Å². The topological polar surface area (TPSA) is 87.5 Å². The molecular formula is C130H74N10S3. The van der Waals surface area contributed by atoms with Crippen molar-refractivity contribution in [2.24, 2.45) is 0 Å². The fourth-order valence-electron chi connectivity index (χ4n) is 24.9.